The van der Waals surface area contributed by atoms with Crippen molar-refractivity contribution < 1.29 is 4.92 Å². The molecule has 1 N–H and O–H groups in total. The highest BCUT2D eigenvalue weighted by atomic mass is 32.2. The Balaban J connectivity index is 1.73. The van der Waals surface area contributed by atoms with Gasteiger partial charge in [0.25, 0.3) is 5.69 Å². The third-order valence-corrected chi connectivity index (χ3v) is 5.61. The predicted molar refractivity (Wildman–Crippen MR) is 98.8 cm³/mol. The molecule has 24 heavy (non-hydrogen) atoms. The summed E-state index contributed by atoms with van der Waals surface area (Å²) in [5.41, 5.74) is 5.43. The molecular weight excluding hydrogens is 324 g/mol. The van der Waals surface area contributed by atoms with E-state index >= 15 is 0 Å². The fourth-order valence-corrected chi connectivity index (χ4v) is 3.98. The lowest BCUT2D eigenvalue weighted by Gasteiger charge is -2.26. The van der Waals surface area contributed by atoms with Crippen LogP contribution in [0, 0.1) is 23.0 Å². The zero-order chi connectivity index (χ0) is 17.1. The number of hydrogen-bond acceptors (Lipinski definition) is 5. The van der Waals surface area contributed by atoms with Crippen LogP contribution in [-0.4, -0.2) is 27.6 Å². The SMILES string of the molecule is Cc1ccc(C2=NNC(=NC3CCCCC3C)SC2)cc1[N+](=O)[O-]. The van der Waals surface area contributed by atoms with E-state index in [0.29, 0.717) is 23.3 Å². The van der Waals surface area contributed by atoms with E-state index in [1.165, 1.54) is 19.3 Å². The van der Waals surface area contributed by atoms with Crippen LogP contribution in [0.2, 0.25) is 0 Å². The van der Waals surface area contributed by atoms with Gasteiger partial charge in [-0.05, 0) is 25.7 Å². The number of amidine groups is 1. The molecule has 0 amide bonds. The number of thioether (sulfide) groups is 1. The predicted octanol–water partition coefficient (Wildman–Crippen LogP) is 3.88. The molecule has 128 valence electrons. The number of nitrogens with zero attached hydrogens (tertiary/aromatic N) is 3. The largest absolute Gasteiger partial charge is 0.272 e. The number of hydrazone groups is 1. The third kappa shape index (κ3) is 3.77. The molecule has 2 atom stereocenters. The fourth-order valence-electron chi connectivity index (χ4n) is 3.16. The number of nitro groups is 1. The van der Waals surface area contributed by atoms with Gasteiger partial charge in [0, 0.05) is 22.9 Å². The Morgan fingerprint density at radius 2 is 2.17 bits per heavy atom. The first-order chi connectivity index (χ1) is 11.5. The minimum absolute atomic E-state index is 0.135. The summed E-state index contributed by atoms with van der Waals surface area (Å²) >= 11 is 1.62. The summed E-state index contributed by atoms with van der Waals surface area (Å²) < 4.78 is 0. The maximum atomic E-state index is 11.1. The topological polar surface area (TPSA) is 79.9 Å². The lowest BCUT2D eigenvalue weighted by molar-refractivity contribution is -0.385. The van der Waals surface area contributed by atoms with Crippen molar-refractivity contribution >= 4 is 28.3 Å². The van der Waals surface area contributed by atoms with Gasteiger partial charge in [-0.2, -0.15) is 5.10 Å². The molecule has 0 bridgehead atoms. The molecule has 3 rings (SSSR count). The number of benzene rings is 1. The lowest BCUT2D eigenvalue weighted by Crippen LogP contribution is -2.29. The molecule has 1 heterocycles. The van der Waals surface area contributed by atoms with Crippen LogP contribution in [0.4, 0.5) is 5.69 Å². The number of rotatable bonds is 3. The normalized spacial score (nSPS) is 25.9. The van der Waals surface area contributed by atoms with E-state index in [0.717, 1.165) is 22.9 Å². The number of aliphatic imine (C=N–C) groups is 1. The van der Waals surface area contributed by atoms with Crippen LogP contribution in [0.3, 0.4) is 0 Å². The van der Waals surface area contributed by atoms with Crippen molar-refractivity contribution in [3.63, 3.8) is 0 Å². The van der Waals surface area contributed by atoms with E-state index in [1.54, 1.807) is 30.8 Å². The summed E-state index contributed by atoms with van der Waals surface area (Å²) in [5, 5.41) is 16.3. The van der Waals surface area contributed by atoms with Gasteiger partial charge in [-0.25, -0.2) is 0 Å². The van der Waals surface area contributed by atoms with E-state index in [2.05, 4.69) is 17.5 Å². The van der Waals surface area contributed by atoms with Crippen LogP contribution in [0.15, 0.2) is 28.3 Å². The molecule has 2 unspecified atom stereocenters. The molecule has 1 aliphatic heterocycles. The van der Waals surface area contributed by atoms with E-state index < -0.39 is 0 Å². The van der Waals surface area contributed by atoms with E-state index in [1.807, 2.05) is 6.07 Å². The third-order valence-electron chi connectivity index (χ3n) is 4.72. The maximum absolute atomic E-state index is 11.1. The Kier molecular flexibility index (Phi) is 5.18. The van der Waals surface area contributed by atoms with Gasteiger partial charge in [0.1, 0.15) is 0 Å². The first-order valence-electron chi connectivity index (χ1n) is 8.33. The Bertz CT molecular complexity index is 702. The number of aryl methyl sites for hydroxylation is 1. The summed E-state index contributed by atoms with van der Waals surface area (Å²) in [6.07, 6.45) is 4.94. The Hall–Kier alpha value is -1.89. The van der Waals surface area contributed by atoms with Crippen molar-refractivity contribution in [2.75, 3.05) is 5.75 Å². The molecule has 0 spiro atoms. The average Bonchev–Trinajstić information content (AvgIpc) is 2.58. The Labute approximate surface area is 146 Å². The molecule has 2 aliphatic rings. The molecular formula is C17H22N4O2S. The summed E-state index contributed by atoms with van der Waals surface area (Å²) in [6, 6.07) is 5.63. The van der Waals surface area contributed by atoms with Crippen molar-refractivity contribution in [3.05, 3.63) is 39.4 Å². The van der Waals surface area contributed by atoms with Gasteiger partial charge >= 0.3 is 0 Å². The molecule has 1 aromatic rings. The second-order valence-corrected chi connectivity index (χ2v) is 7.44. The van der Waals surface area contributed by atoms with Crippen LogP contribution < -0.4 is 5.43 Å². The van der Waals surface area contributed by atoms with Crippen molar-refractivity contribution in [1.82, 2.24) is 5.43 Å². The molecule has 1 aliphatic carbocycles. The van der Waals surface area contributed by atoms with E-state index in [4.69, 9.17) is 4.99 Å². The molecule has 1 saturated carbocycles. The van der Waals surface area contributed by atoms with E-state index in [-0.39, 0.29) is 10.6 Å². The van der Waals surface area contributed by atoms with Crippen LogP contribution in [-0.2, 0) is 0 Å². The Morgan fingerprint density at radius 1 is 1.38 bits per heavy atom. The maximum Gasteiger partial charge on any atom is 0.272 e. The second kappa shape index (κ2) is 7.34. The highest BCUT2D eigenvalue weighted by Gasteiger charge is 2.23. The fraction of sp³-hybridized carbons (Fsp3) is 0.529. The van der Waals surface area contributed by atoms with Gasteiger partial charge in [0.2, 0.25) is 0 Å². The Morgan fingerprint density at radius 3 is 2.83 bits per heavy atom. The van der Waals surface area contributed by atoms with Crippen LogP contribution in [0.5, 0.6) is 0 Å². The monoisotopic (exact) mass is 346 g/mol. The first kappa shape index (κ1) is 17.0. The first-order valence-corrected chi connectivity index (χ1v) is 9.31. The van der Waals surface area contributed by atoms with Crippen molar-refractivity contribution in [2.24, 2.45) is 16.0 Å². The highest BCUT2D eigenvalue weighted by Crippen LogP contribution is 2.28. The van der Waals surface area contributed by atoms with Gasteiger partial charge in [-0.3, -0.25) is 20.5 Å². The summed E-state index contributed by atoms with van der Waals surface area (Å²) in [5.74, 6) is 1.30. The van der Waals surface area contributed by atoms with Crippen LogP contribution >= 0.6 is 11.8 Å². The second-order valence-electron chi connectivity index (χ2n) is 6.48. The summed E-state index contributed by atoms with van der Waals surface area (Å²) in [7, 11) is 0. The molecule has 0 saturated heterocycles. The van der Waals surface area contributed by atoms with Crippen molar-refractivity contribution in [2.45, 2.75) is 45.6 Å². The molecule has 7 heteroatoms. The minimum atomic E-state index is -0.347. The van der Waals surface area contributed by atoms with E-state index in [9.17, 15) is 10.1 Å². The average molecular weight is 346 g/mol. The molecule has 1 aromatic carbocycles. The summed E-state index contributed by atoms with van der Waals surface area (Å²) in [6.45, 7) is 4.01. The molecule has 0 radical (unpaired) electrons. The number of nitrogens with one attached hydrogen (secondary N) is 1. The van der Waals surface area contributed by atoms with Crippen LogP contribution in [0.1, 0.15) is 43.7 Å². The number of nitro benzene ring substituents is 1. The van der Waals surface area contributed by atoms with Gasteiger partial charge in [0.05, 0.1) is 16.7 Å². The molecule has 0 aromatic heterocycles. The van der Waals surface area contributed by atoms with Gasteiger partial charge in [0.15, 0.2) is 5.17 Å². The zero-order valence-corrected chi connectivity index (χ0v) is 14.8. The highest BCUT2D eigenvalue weighted by molar-refractivity contribution is 8.14. The van der Waals surface area contributed by atoms with Crippen LogP contribution in [0.25, 0.3) is 0 Å². The summed E-state index contributed by atoms with van der Waals surface area (Å²) in [4.78, 5) is 15.6. The van der Waals surface area contributed by atoms with Crippen molar-refractivity contribution in [1.29, 1.82) is 0 Å². The van der Waals surface area contributed by atoms with Gasteiger partial charge in [-0.15, -0.1) is 0 Å². The van der Waals surface area contributed by atoms with Gasteiger partial charge < -0.3 is 0 Å². The number of hydrogen-bond donors (Lipinski definition) is 1. The van der Waals surface area contributed by atoms with Crippen molar-refractivity contribution in [3.8, 4) is 0 Å². The smallest absolute Gasteiger partial charge is 0.258 e. The minimum Gasteiger partial charge on any atom is -0.258 e. The quantitative estimate of drug-likeness (QED) is 0.665. The van der Waals surface area contributed by atoms with Gasteiger partial charge in [-0.1, -0.05) is 43.7 Å². The zero-order valence-electron chi connectivity index (χ0n) is 14.0. The lowest BCUT2D eigenvalue weighted by atomic mass is 9.86. The molecule has 1 fully saturated rings. The standard InChI is InChI=1S/C17H22N4O2S/c1-11-5-3-4-6-14(11)18-17-20-19-15(10-24-17)13-8-7-12(2)16(9-13)21(22)23/h7-9,11,14H,3-6,10H2,1-2H3,(H,18,20). The molecule has 6 nitrogen and oxygen atoms in total.